The smallest absolute Gasteiger partial charge is 0.0212 e. The third kappa shape index (κ3) is 4.58. The van der Waals surface area contributed by atoms with E-state index in [0.717, 1.165) is 0 Å². The second kappa shape index (κ2) is 12.1. The standard InChI is InChI=1S/C58H36/c1-3-12-35(13-4-1)37-18-9-20-41(28-37)45-23-11-21-42-32-51-44(33-50(42)45)34-54-48-25-24-46-52-30-39-16-7-8-17-40(39)31-53(52)47-26-27-49(57(48)56(46)47)58(54)55(51)43-22-10-19-38(29-43)36-14-5-2-6-15-36/h1-34,56-57H. The van der Waals surface area contributed by atoms with Crippen LogP contribution in [0.5, 0.6) is 0 Å². The lowest BCUT2D eigenvalue weighted by Gasteiger charge is -2.30. The number of rotatable bonds is 4. The summed E-state index contributed by atoms with van der Waals surface area (Å²) < 4.78 is 0. The van der Waals surface area contributed by atoms with Crippen LogP contribution in [-0.2, 0) is 0 Å². The van der Waals surface area contributed by atoms with Crippen molar-refractivity contribution in [3.63, 3.8) is 0 Å². The summed E-state index contributed by atoms with van der Waals surface area (Å²) in [7, 11) is 0. The zero-order valence-corrected chi connectivity index (χ0v) is 31.8. The Bertz CT molecular complexity index is 3370. The Kier molecular flexibility index (Phi) is 6.65. The molecule has 0 heterocycles. The molecule has 9 aromatic carbocycles. The van der Waals surface area contributed by atoms with Crippen LogP contribution in [0.25, 0.3) is 99.1 Å². The molecule has 0 amide bonds. The molecule has 4 aliphatic rings. The maximum atomic E-state index is 2.52. The highest BCUT2D eigenvalue weighted by Crippen LogP contribution is 2.65. The van der Waals surface area contributed by atoms with Crippen molar-refractivity contribution < 1.29 is 0 Å². The zero-order valence-electron chi connectivity index (χ0n) is 31.8. The maximum absolute atomic E-state index is 2.52. The van der Waals surface area contributed by atoms with Gasteiger partial charge >= 0.3 is 0 Å². The Hall–Kier alpha value is -7.28. The predicted molar refractivity (Wildman–Crippen MR) is 246 cm³/mol. The van der Waals surface area contributed by atoms with E-state index in [-0.39, 0.29) is 5.92 Å². The lowest BCUT2D eigenvalue weighted by atomic mass is 9.72. The van der Waals surface area contributed by atoms with E-state index in [0.29, 0.717) is 5.92 Å². The van der Waals surface area contributed by atoms with Gasteiger partial charge in [0.15, 0.2) is 0 Å². The second-order valence-corrected chi connectivity index (χ2v) is 16.4. The lowest BCUT2D eigenvalue weighted by molar-refractivity contribution is 0.758. The average Bonchev–Trinajstić information content (AvgIpc) is 3.78. The quantitative estimate of drug-likeness (QED) is 0.158. The monoisotopic (exact) mass is 732 g/mol. The molecule has 0 spiro atoms. The van der Waals surface area contributed by atoms with Crippen LogP contribution in [-0.4, -0.2) is 0 Å². The molecule has 13 rings (SSSR count). The molecule has 268 valence electrons. The van der Waals surface area contributed by atoms with Crippen molar-refractivity contribution in [2.75, 3.05) is 0 Å². The van der Waals surface area contributed by atoms with Crippen LogP contribution in [0, 0.1) is 11.8 Å². The minimum Gasteiger partial charge on any atom is -0.0622 e. The highest BCUT2D eigenvalue weighted by Gasteiger charge is 2.48. The topological polar surface area (TPSA) is 0 Å². The Morgan fingerprint density at radius 2 is 0.707 bits per heavy atom. The molecule has 0 nitrogen and oxygen atoms in total. The van der Waals surface area contributed by atoms with Gasteiger partial charge in [0, 0.05) is 11.8 Å². The van der Waals surface area contributed by atoms with Crippen molar-refractivity contribution in [2.24, 2.45) is 11.8 Å². The number of allylic oxidation sites excluding steroid dienone is 8. The van der Waals surface area contributed by atoms with E-state index >= 15 is 0 Å². The van der Waals surface area contributed by atoms with Gasteiger partial charge in [0.25, 0.3) is 0 Å². The Morgan fingerprint density at radius 3 is 1.38 bits per heavy atom. The summed E-state index contributed by atoms with van der Waals surface area (Å²) in [6, 6.07) is 67.8. The molecular weight excluding hydrogens is 697 g/mol. The molecule has 4 aliphatic carbocycles. The summed E-state index contributed by atoms with van der Waals surface area (Å²) >= 11 is 0. The molecular formula is C58H36. The maximum Gasteiger partial charge on any atom is 0.0212 e. The highest BCUT2D eigenvalue weighted by atomic mass is 14.5. The Balaban J connectivity index is 1.06. The summed E-state index contributed by atoms with van der Waals surface area (Å²) in [5, 5.41) is 7.74. The SMILES string of the molecule is C1=C2c3cc4ccccc4cc3C3=CC=C4c5c(cc6cc7c(-c8cccc(-c9ccccc9)c8)cccc7cc6c5-c5cccc(-c6ccccc6)c5)C(=C1)C4C23. The third-order valence-electron chi connectivity index (χ3n) is 13.3. The summed E-state index contributed by atoms with van der Waals surface area (Å²) in [6.45, 7) is 0. The Morgan fingerprint density at radius 1 is 0.241 bits per heavy atom. The normalized spacial score (nSPS) is 17.0. The molecule has 0 N–H and O–H groups in total. The fourth-order valence-electron chi connectivity index (χ4n) is 10.8. The van der Waals surface area contributed by atoms with Crippen LogP contribution in [0.4, 0.5) is 0 Å². The molecule has 0 heteroatoms. The highest BCUT2D eigenvalue weighted by molar-refractivity contribution is 6.18. The van der Waals surface area contributed by atoms with E-state index in [4.69, 9.17) is 0 Å². The summed E-state index contributed by atoms with van der Waals surface area (Å²) in [6.07, 6.45) is 9.83. The van der Waals surface area contributed by atoms with Crippen LogP contribution < -0.4 is 0 Å². The predicted octanol–water partition coefficient (Wildman–Crippen LogP) is 15.3. The zero-order chi connectivity index (χ0) is 37.9. The fourth-order valence-corrected chi connectivity index (χ4v) is 10.8. The van der Waals surface area contributed by atoms with Crippen molar-refractivity contribution in [3.05, 3.63) is 229 Å². The molecule has 0 saturated heterocycles. The second-order valence-electron chi connectivity index (χ2n) is 16.4. The van der Waals surface area contributed by atoms with E-state index in [1.165, 1.54) is 121 Å². The molecule has 0 bridgehead atoms. The van der Waals surface area contributed by atoms with Gasteiger partial charge in [-0.3, -0.25) is 0 Å². The van der Waals surface area contributed by atoms with Gasteiger partial charge in [-0.2, -0.15) is 0 Å². The van der Waals surface area contributed by atoms with Crippen LogP contribution in [0.2, 0.25) is 0 Å². The van der Waals surface area contributed by atoms with Gasteiger partial charge in [0.1, 0.15) is 0 Å². The van der Waals surface area contributed by atoms with E-state index in [2.05, 4.69) is 206 Å². The molecule has 9 aromatic rings. The van der Waals surface area contributed by atoms with Crippen molar-refractivity contribution in [3.8, 4) is 44.5 Å². The minimum absolute atomic E-state index is 0.282. The number of hydrogen-bond donors (Lipinski definition) is 0. The first-order chi connectivity index (χ1) is 28.7. The molecule has 0 saturated carbocycles. The van der Waals surface area contributed by atoms with Crippen LogP contribution in [0.15, 0.2) is 206 Å². The fraction of sp³-hybridized carbons (Fsp3) is 0.0345. The molecule has 0 radical (unpaired) electrons. The first-order valence-corrected chi connectivity index (χ1v) is 20.5. The van der Waals surface area contributed by atoms with Crippen molar-refractivity contribution >= 4 is 54.6 Å². The van der Waals surface area contributed by atoms with Crippen LogP contribution in [0.1, 0.15) is 22.3 Å². The summed E-state index contributed by atoms with van der Waals surface area (Å²) in [5.74, 6) is 0.595. The molecule has 0 fully saturated rings. The van der Waals surface area contributed by atoms with Crippen LogP contribution >= 0.6 is 0 Å². The first-order valence-electron chi connectivity index (χ1n) is 20.5. The van der Waals surface area contributed by atoms with E-state index < -0.39 is 0 Å². The number of hydrogen-bond acceptors (Lipinski definition) is 0. The molecule has 0 aromatic heterocycles. The summed E-state index contributed by atoms with van der Waals surface area (Å²) in [4.78, 5) is 0. The van der Waals surface area contributed by atoms with E-state index in [9.17, 15) is 0 Å². The third-order valence-corrected chi connectivity index (χ3v) is 13.3. The van der Waals surface area contributed by atoms with Crippen LogP contribution in [0.3, 0.4) is 0 Å². The van der Waals surface area contributed by atoms with Gasteiger partial charge in [-0.05, 0) is 164 Å². The van der Waals surface area contributed by atoms with Gasteiger partial charge in [-0.1, -0.05) is 164 Å². The molecule has 2 atom stereocenters. The van der Waals surface area contributed by atoms with Gasteiger partial charge in [0.05, 0.1) is 0 Å². The van der Waals surface area contributed by atoms with Crippen molar-refractivity contribution in [2.45, 2.75) is 0 Å². The van der Waals surface area contributed by atoms with Gasteiger partial charge < -0.3 is 0 Å². The molecule has 58 heavy (non-hydrogen) atoms. The Labute approximate surface area is 338 Å². The number of benzene rings is 9. The largest absolute Gasteiger partial charge is 0.0622 e. The van der Waals surface area contributed by atoms with Gasteiger partial charge in [-0.25, -0.2) is 0 Å². The minimum atomic E-state index is 0.282. The van der Waals surface area contributed by atoms with E-state index in [1.54, 1.807) is 0 Å². The van der Waals surface area contributed by atoms with E-state index in [1.807, 2.05) is 0 Å². The first kappa shape index (κ1) is 31.9. The molecule has 2 unspecified atom stereocenters. The molecule has 0 aliphatic heterocycles. The van der Waals surface area contributed by atoms with Gasteiger partial charge in [-0.15, -0.1) is 0 Å². The van der Waals surface area contributed by atoms with Crippen molar-refractivity contribution in [1.29, 1.82) is 0 Å². The number of fused-ring (bicyclic) bond motifs is 9. The summed E-state index contributed by atoms with van der Waals surface area (Å²) in [5.41, 5.74) is 21.4. The van der Waals surface area contributed by atoms with Gasteiger partial charge in [0.2, 0.25) is 0 Å². The van der Waals surface area contributed by atoms with Crippen molar-refractivity contribution in [1.82, 2.24) is 0 Å². The lowest BCUT2D eigenvalue weighted by Crippen LogP contribution is -2.17. The average molecular weight is 733 g/mol.